The Labute approximate surface area is 242 Å². The van der Waals surface area contributed by atoms with Crippen LogP contribution in [-0.2, 0) is 6.61 Å². The van der Waals surface area contributed by atoms with E-state index in [0.717, 1.165) is 5.56 Å². The van der Waals surface area contributed by atoms with Crippen molar-refractivity contribution in [2.75, 3.05) is 13.7 Å². The normalized spacial score (nSPS) is 13.8. The summed E-state index contributed by atoms with van der Waals surface area (Å²) in [5, 5.41) is 9.95. The van der Waals surface area contributed by atoms with Crippen LogP contribution < -0.4 is 29.4 Å². The summed E-state index contributed by atoms with van der Waals surface area (Å²) in [4.78, 5) is 12.7. The number of nitrogens with zero attached hydrogens (tertiary/aromatic N) is 1. The highest BCUT2D eigenvalue weighted by molar-refractivity contribution is 5.91. The van der Waals surface area contributed by atoms with Gasteiger partial charge in [0.1, 0.15) is 41.3 Å². The highest BCUT2D eigenvalue weighted by Crippen LogP contribution is 2.45. The summed E-state index contributed by atoms with van der Waals surface area (Å²) in [5.41, 5.74) is 8.91. The molecule has 1 aliphatic heterocycles. The molecule has 0 amide bonds. The molecule has 212 valence electrons. The lowest BCUT2D eigenvalue weighted by Gasteiger charge is -2.27. The fourth-order valence-corrected chi connectivity index (χ4v) is 4.59. The van der Waals surface area contributed by atoms with Crippen LogP contribution in [0.5, 0.6) is 28.7 Å². The van der Waals surface area contributed by atoms with Gasteiger partial charge in [-0.1, -0.05) is 24.3 Å². The monoisotopic (exact) mass is 566 g/mol. The molecule has 0 fully saturated rings. The maximum Gasteiger partial charge on any atom is 0.343 e. The lowest BCUT2D eigenvalue weighted by Crippen LogP contribution is -2.21. The average Bonchev–Trinajstić information content (AvgIpc) is 3.00. The third-order valence-electron chi connectivity index (χ3n) is 6.63. The molecular formula is C33H27FN2O6. The second-order valence-electron chi connectivity index (χ2n) is 9.30. The van der Waals surface area contributed by atoms with Crippen LogP contribution in [0.1, 0.15) is 39.9 Å². The number of hydrogen-bond acceptors (Lipinski definition) is 8. The van der Waals surface area contributed by atoms with E-state index in [-0.39, 0.29) is 29.6 Å². The Morgan fingerprint density at radius 1 is 0.952 bits per heavy atom. The number of methoxy groups -OCH3 is 1. The van der Waals surface area contributed by atoms with Crippen molar-refractivity contribution >= 4 is 5.97 Å². The van der Waals surface area contributed by atoms with Crippen molar-refractivity contribution in [1.82, 2.24) is 0 Å². The molecule has 0 radical (unpaired) electrons. The molecule has 5 rings (SSSR count). The minimum atomic E-state index is -0.574. The van der Waals surface area contributed by atoms with Gasteiger partial charge in [0, 0.05) is 11.6 Å². The van der Waals surface area contributed by atoms with Crippen molar-refractivity contribution in [3.05, 3.63) is 124 Å². The Balaban J connectivity index is 1.40. The van der Waals surface area contributed by atoms with E-state index in [1.54, 1.807) is 66.7 Å². The van der Waals surface area contributed by atoms with Gasteiger partial charge in [-0.25, -0.2) is 9.18 Å². The van der Waals surface area contributed by atoms with Gasteiger partial charge in [-0.05, 0) is 72.6 Å². The number of carbonyl (C=O) groups excluding carboxylic acids is 1. The molecule has 0 aliphatic carbocycles. The molecule has 0 saturated heterocycles. The summed E-state index contributed by atoms with van der Waals surface area (Å²) in [6.45, 7) is 2.61. The maximum absolute atomic E-state index is 13.2. The van der Waals surface area contributed by atoms with E-state index in [4.69, 9.17) is 29.4 Å². The van der Waals surface area contributed by atoms with Crippen LogP contribution in [0.25, 0.3) is 0 Å². The Bertz CT molecular complexity index is 1680. The van der Waals surface area contributed by atoms with Crippen LogP contribution >= 0.6 is 0 Å². The number of allylic oxidation sites excluding steroid dienone is 1. The van der Waals surface area contributed by atoms with Crippen molar-refractivity contribution in [2.45, 2.75) is 19.4 Å². The third kappa shape index (κ3) is 5.98. The van der Waals surface area contributed by atoms with Crippen LogP contribution in [0.2, 0.25) is 0 Å². The van der Waals surface area contributed by atoms with E-state index in [1.165, 1.54) is 19.2 Å². The van der Waals surface area contributed by atoms with Gasteiger partial charge in [0.05, 0.1) is 25.2 Å². The summed E-state index contributed by atoms with van der Waals surface area (Å²) in [6.07, 6.45) is 0. The molecule has 0 bridgehead atoms. The van der Waals surface area contributed by atoms with Gasteiger partial charge in [-0.15, -0.1) is 0 Å². The van der Waals surface area contributed by atoms with Crippen molar-refractivity contribution in [3.63, 3.8) is 0 Å². The van der Waals surface area contributed by atoms with E-state index in [9.17, 15) is 14.4 Å². The van der Waals surface area contributed by atoms with E-state index >= 15 is 0 Å². The molecule has 42 heavy (non-hydrogen) atoms. The lowest BCUT2D eigenvalue weighted by molar-refractivity contribution is 0.0734. The Morgan fingerprint density at radius 3 is 2.38 bits per heavy atom. The number of esters is 1. The van der Waals surface area contributed by atoms with Gasteiger partial charge in [-0.3, -0.25) is 0 Å². The zero-order valence-electron chi connectivity index (χ0n) is 22.9. The van der Waals surface area contributed by atoms with Crippen LogP contribution in [0.3, 0.4) is 0 Å². The number of ether oxygens (including phenoxy) is 5. The molecule has 8 nitrogen and oxygen atoms in total. The number of rotatable bonds is 9. The smallest absolute Gasteiger partial charge is 0.343 e. The first-order valence-corrected chi connectivity index (χ1v) is 13.1. The predicted octanol–water partition coefficient (Wildman–Crippen LogP) is 6.25. The molecule has 0 saturated carbocycles. The minimum Gasteiger partial charge on any atom is -0.494 e. The summed E-state index contributed by atoms with van der Waals surface area (Å²) < 4.78 is 41.5. The van der Waals surface area contributed by atoms with Gasteiger partial charge in [-0.2, -0.15) is 5.26 Å². The maximum atomic E-state index is 13.2. The van der Waals surface area contributed by atoms with Gasteiger partial charge in [0.15, 0.2) is 11.5 Å². The van der Waals surface area contributed by atoms with Gasteiger partial charge in [0.25, 0.3) is 0 Å². The molecule has 1 aliphatic rings. The summed E-state index contributed by atoms with van der Waals surface area (Å²) in [5.74, 6) is 0.677. The van der Waals surface area contributed by atoms with Crippen molar-refractivity contribution in [2.24, 2.45) is 5.73 Å². The van der Waals surface area contributed by atoms with Crippen molar-refractivity contribution in [1.29, 1.82) is 5.26 Å². The predicted molar refractivity (Wildman–Crippen MR) is 152 cm³/mol. The van der Waals surface area contributed by atoms with E-state index in [0.29, 0.717) is 46.3 Å². The molecular weight excluding hydrogens is 539 g/mol. The van der Waals surface area contributed by atoms with Crippen molar-refractivity contribution < 1.29 is 32.9 Å². The Kier molecular flexibility index (Phi) is 8.25. The van der Waals surface area contributed by atoms with E-state index in [2.05, 4.69) is 6.07 Å². The van der Waals surface area contributed by atoms with Gasteiger partial charge < -0.3 is 29.4 Å². The molecule has 1 unspecified atom stereocenters. The quantitative estimate of drug-likeness (QED) is 0.187. The number of fused-ring (bicyclic) bond motifs is 1. The highest BCUT2D eigenvalue weighted by atomic mass is 19.1. The van der Waals surface area contributed by atoms with E-state index in [1.807, 2.05) is 13.0 Å². The summed E-state index contributed by atoms with van der Waals surface area (Å²) in [6, 6.07) is 25.1. The fraction of sp³-hybridized carbons (Fsp3) is 0.152. The first kappa shape index (κ1) is 28.1. The molecule has 1 atom stereocenters. The summed E-state index contributed by atoms with van der Waals surface area (Å²) >= 11 is 0. The largest absolute Gasteiger partial charge is 0.494 e. The van der Waals surface area contributed by atoms with Crippen LogP contribution in [0, 0.1) is 17.1 Å². The first-order chi connectivity index (χ1) is 20.4. The first-order valence-electron chi connectivity index (χ1n) is 13.1. The Morgan fingerprint density at radius 2 is 1.69 bits per heavy atom. The molecule has 1 heterocycles. The molecule has 0 aromatic heterocycles. The van der Waals surface area contributed by atoms with Crippen LogP contribution in [0.4, 0.5) is 4.39 Å². The molecule has 4 aromatic rings. The summed E-state index contributed by atoms with van der Waals surface area (Å²) in [7, 11) is 1.52. The van der Waals surface area contributed by atoms with Crippen LogP contribution in [-0.4, -0.2) is 19.7 Å². The number of benzene rings is 4. The zero-order chi connectivity index (χ0) is 29.6. The Hall–Kier alpha value is -5.49. The highest BCUT2D eigenvalue weighted by Gasteiger charge is 2.32. The number of hydrogen-bond donors (Lipinski definition) is 1. The lowest BCUT2D eigenvalue weighted by atomic mass is 9.83. The number of halogens is 1. The standard InChI is InChI=1S/C33H27FN2O6/c1-3-39-24-11-6-21(7-12-24)33(37)41-25-13-14-26-29(17-25)42-32(36)27(18-35)31(26)22-8-15-28(30(16-22)38-2)40-19-20-4-9-23(34)10-5-20/h4-17,31H,3,19,36H2,1-2H3. The second-order valence-corrected chi connectivity index (χ2v) is 9.30. The number of carbonyl (C=O) groups is 1. The number of nitrogens with two attached hydrogens (primary N) is 1. The molecule has 2 N–H and O–H groups in total. The number of nitriles is 1. The fourth-order valence-electron chi connectivity index (χ4n) is 4.59. The van der Waals surface area contributed by atoms with E-state index < -0.39 is 11.9 Å². The molecule has 0 spiro atoms. The molecule has 9 heteroatoms. The second kappa shape index (κ2) is 12.4. The van der Waals surface area contributed by atoms with Crippen molar-refractivity contribution in [3.8, 4) is 34.8 Å². The molecule has 4 aromatic carbocycles. The third-order valence-corrected chi connectivity index (χ3v) is 6.63. The average molecular weight is 567 g/mol. The van der Waals surface area contributed by atoms with Crippen LogP contribution in [0.15, 0.2) is 96.4 Å². The van der Waals surface area contributed by atoms with Gasteiger partial charge >= 0.3 is 5.97 Å². The zero-order valence-corrected chi connectivity index (χ0v) is 22.9. The minimum absolute atomic E-state index is 0.0550. The van der Waals surface area contributed by atoms with Gasteiger partial charge in [0.2, 0.25) is 5.88 Å². The SMILES string of the molecule is CCOc1ccc(C(=O)Oc2ccc3c(c2)OC(N)=C(C#N)C3c2ccc(OCc3ccc(F)cc3)c(OC)c2)cc1. The topological polar surface area (TPSA) is 113 Å².